The molecule has 1 aliphatic rings. The van der Waals surface area contributed by atoms with E-state index in [0.717, 1.165) is 5.56 Å². The maximum absolute atomic E-state index is 11.5. The van der Waals surface area contributed by atoms with Crippen molar-refractivity contribution in [2.75, 3.05) is 25.1 Å². The van der Waals surface area contributed by atoms with Gasteiger partial charge in [-0.3, -0.25) is 4.90 Å². The van der Waals surface area contributed by atoms with Crippen LogP contribution in [0.25, 0.3) is 0 Å². The van der Waals surface area contributed by atoms with Crippen LogP contribution < -0.4 is 0 Å². The molecule has 1 aromatic carbocycles. The normalized spacial score (nSPS) is 22.6. The zero-order chi connectivity index (χ0) is 14.8. The molecule has 20 heavy (non-hydrogen) atoms. The minimum atomic E-state index is -2.91. The Hall–Kier alpha value is -1.42. The minimum Gasteiger partial charge on any atom is -0.387 e. The Kier molecular flexibility index (Phi) is 4.43. The highest BCUT2D eigenvalue weighted by Crippen LogP contribution is 2.20. The van der Waals surface area contributed by atoms with Crippen molar-refractivity contribution in [3.8, 4) is 6.07 Å². The molecule has 5 nitrogen and oxygen atoms in total. The molecule has 0 bridgehead atoms. The van der Waals surface area contributed by atoms with Gasteiger partial charge >= 0.3 is 0 Å². The number of benzene rings is 1. The van der Waals surface area contributed by atoms with Crippen LogP contribution in [-0.2, 0) is 9.84 Å². The number of aliphatic hydroxyl groups is 1. The molecule has 0 radical (unpaired) electrons. The van der Waals surface area contributed by atoms with Gasteiger partial charge < -0.3 is 5.11 Å². The Morgan fingerprint density at radius 1 is 1.45 bits per heavy atom. The van der Waals surface area contributed by atoms with Gasteiger partial charge in [0.1, 0.15) is 0 Å². The molecule has 2 rings (SSSR count). The van der Waals surface area contributed by atoms with Gasteiger partial charge in [0.15, 0.2) is 9.84 Å². The lowest BCUT2D eigenvalue weighted by Gasteiger charge is -2.25. The second-order valence-electron chi connectivity index (χ2n) is 5.25. The Balaban J connectivity index is 1.97. The zero-order valence-electron chi connectivity index (χ0n) is 11.4. The maximum Gasteiger partial charge on any atom is 0.151 e. The van der Waals surface area contributed by atoms with E-state index in [1.54, 1.807) is 24.3 Å². The fourth-order valence-electron chi connectivity index (χ4n) is 2.43. The third-order valence-corrected chi connectivity index (χ3v) is 5.47. The van der Waals surface area contributed by atoms with E-state index in [1.807, 2.05) is 18.0 Å². The molecule has 1 saturated heterocycles. The van der Waals surface area contributed by atoms with Crippen LogP contribution in [0.15, 0.2) is 24.3 Å². The summed E-state index contributed by atoms with van der Waals surface area (Å²) in [5.74, 6) is 0.401. The summed E-state index contributed by atoms with van der Waals surface area (Å²) in [7, 11) is -1.08. The average molecular weight is 294 g/mol. The number of hydrogen-bond acceptors (Lipinski definition) is 5. The van der Waals surface area contributed by atoms with Crippen molar-refractivity contribution in [3.05, 3.63) is 35.4 Å². The van der Waals surface area contributed by atoms with Crippen LogP contribution in [-0.4, -0.2) is 49.6 Å². The molecule has 0 aliphatic carbocycles. The first kappa shape index (κ1) is 15.0. The molecule has 0 saturated carbocycles. The van der Waals surface area contributed by atoms with Gasteiger partial charge in [0, 0.05) is 12.6 Å². The first-order chi connectivity index (χ1) is 9.41. The summed E-state index contributed by atoms with van der Waals surface area (Å²) in [5, 5.41) is 18.9. The second kappa shape index (κ2) is 5.92. The fraction of sp³-hybridized carbons (Fsp3) is 0.500. The Morgan fingerprint density at radius 3 is 2.60 bits per heavy atom. The van der Waals surface area contributed by atoms with Crippen LogP contribution in [0.1, 0.15) is 23.7 Å². The average Bonchev–Trinajstić information content (AvgIpc) is 2.79. The van der Waals surface area contributed by atoms with Gasteiger partial charge in [-0.2, -0.15) is 5.26 Å². The van der Waals surface area contributed by atoms with Gasteiger partial charge in [0.2, 0.25) is 0 Å². The van der Waals surface area contributed by atoms with E-state index in [9.17, 15) is 13.5 Å². The molecule has 6 heteroatoms. The molecule has 2 atom stereocenters. The van der Waals surface area contributed by atoms with E-state index >= 15 is 0 Å². The van der Waals surface area contributed by atoms with Crippen molar-refractivity contribution in [1.82, 2.24) is 4.90 Å². The smallest absolute Gasteiger partial charge is 0.151 e. The molecular weight excluding hydrogens is 276 g/mol. The number of sulfone groups is 1. The molecule has 1 N–H and O–H groups in total. The van der Waals surface area contributed by atoms with Crippen LogP contribution >= 0.6 is 0 Å². The SMILES string of the molecule is CN(CC(O)c1ccc(C#N)cc1)C1CCS(=O)(=O)C1. The number of nitrogens with zero attached hydrogens (tertiary/aromatic N) is 2. The summed E-state index contributed by atoms with van der Waals surface area (Å²) in [6.07, 6.45) is -0.0603. The highest BCUT2D eigenvalue weighted by atomic mass is 32.2. The fourth-order valence-corrected chi connectivity index (χ4v) is 4.24. The number of rotatable bonds is 4. The molecular formula is C14H18N2O3S. The molecule has 0 spiro atoms. The summed E-state index contributed by atoms with van der Waals surface area (Å²) in [6, 6.07) is 8.79. The van der Waals surface area contributed by atoms with Crippen molar-refractivity contribution in [2.24, 2.45) is 0 Å². The van der Waals surface area contributed by atoms with Crippen molar-refractivity contribution >= 4 is 9.84 Å². The van der Waals surface area contributed by atoms with Crippen molar-refractivity contribution in [2.45, 2.75) is 18.6 Å². The Morgan fingerprint density at radius 2 is 2.10 bits per heavy atom. The number of aliphatic hydroxyl groups excluding tert-OH is 1. The van der Waals surface area contributed by atoms with Crippen LogP contribution in [0.4, 0.5) is 0 Å². The van der Waals surface area contributed by atoms with E-state index in [-0.39, 0.29) is 17.5 Å². The minimum absolute atomic E-state index is 0.0203. The largest absolute Gasteiger partial charge is 0.387 e. The molecule has 1 aromatic rings. The quantitative estimate of drug-likeness (QED) is 0.884. The number of likely N-dealkylation sites (N-methyl/N-ethyl adjacent to an activating group) is 1. The lowest BCUT2D eigenvalue weighted by molar-refractivity contribution is 0.110. The van der Waals surface area contributed by atoms with Gasteiger partial charge in [-0.1, -0.05) is 12.1 Å². The molecule has 1 fully saturated rings. The molecule has 0 aromatic heterocycles. The van der Waals surface area contributed by atoms with E-state index in [0.29, 0.717) is 18.5 Å². The van der Waals surface area contributed by atoms with Crippen LogP contribution in [0.2, 0.25) is 0 Å². The monoisotopic (exact) mass is 294 g/mol. The van der Waals surface area contributed by atoms with Gasteiger partial charge in [0.05, 0.1) is 29.2 Å². The molecule has 1 aliphatic heterocycles. The van der Waals surface area contributed by atoms with Crippen LogP contribution in [0.3, 0.4) is 0 Å². The predicted octanol–water partition coefficient (Wildman–Crippen LogP) is 0.711. The third kappa shape index (κ3) is 3.57. The third-order valence-electron chi connectivity index (χ3n) is 3.72. The number of hydrogen-bond donors (Lipinski definition) is 1. The number of nitriles is 1. The van der Waals surface area contributed by atoms with Crippen LogP contribution in [0, 0.1) is 11.3 Å². The lowest BCUT2D eigenvalue weighted by atomic mass is 10.1. The first-order valence-electron chi connectivity index (χ1n) is 6.50. The highest BCUT2D eigenvalue weighted by Gasteiger charge is 2.31. The van der Waals surface area contributed by atoms with Crippen LogP contribution in [0.5, 0.6) is 0 Å². The lowest BCUT2D eigenvalue weighted by Crippen LogP contribution is -2.35. The summed E-state index contributed by atoms with van der Waals surface area (Å²) >= 11 is 0. The highest BCUT2D eigenvalue weighted by molar-refractivity contribution is 7.91. The maximum atomic E-state index is 11.5. The van der Waals surface area contributed by atoms with E-state index in [2.05, 4.69) is 0 Å². The Labute approximate surface area is 119 Å². The second-order valence-corrected chi connectivity index (χ2v) is 7.47. The van der Waals surface area contributed by atoms with Gasteiger partial charge in [0.25, 0.3) is 0 Å². The summed E-state index contributed by atoms with van der Waals surface area (Å²) in [4.78, 5) is 1.90. The van der Waals surface area contributed by atoms with Gasteiger partial charge in [-0.25, -0.2) is 8.42 Å². The van der Waals surface area contributed by atoms with E-state index in [1.165, 1.54) is 0 Å². The summed E-state index contributed by atoms with van der Waals surface area (Å²) in [5.41, 5.74) is 1.29. The molecule has 1 heterocycles. The zero-order valence-corrected chi connectivity index (χ0v) is 12.2. The van der Waals surface area contributed by atoms with E-state index in [4.69, 9.17) is 5.26 Å². The molecule has 2 unspecified atom stereocenters. The van der Waals surface area contributed by atoms with Crippen molar-refractivity contribution in [3.63, 3.8) is 0 Å². The predicted molar refractivity (Wildman–Crippen MR) is 75.8 cm³/mol. The summed E-state index contributed by atoms with van der Waals surface area (Å²) in [6.45, 7) is 0.381. The molecule has 108 valence electrons. The topological polar surface area (TPSA) is 81.4 Å². The first-order valence-corrected chi connectivity index (χ1v) is 8.32. The Bertz CT molecular complexity index is 604. The molecule has 0 amide bonds. The van der Waals surface area contributed by atoms with E-state index < -0.39 is 15.9 Å². The van der Waals surface area contributed by atoms with Gasteiger partial charge in [-0.15, -0.1) is 0 Å². The van der Waals surface area contributed by atoms with Crippen molar-refractivity contribution in [1.29, 1.82) is 5.26 Å². The summed E-state index contributed by atoms with van der Waals surface area (Å²) < 4.78 is 22.9. The van der Waals surface area contributed by atoms with Crippen molar-refractivity contribution < 1.29 is 13.5 Å². The van der Waals surface area contributed by atoms with Gasteiger partial charge in [-0.05, 0) is 31.2 Å². The standard InChI is InChI=1S/C14H18N2O3S/c1-16(13-6-7-20(18,19)10-13)9-14(17)12-4-2-11(8-15)3-5-12/h2-5,13-14,17H,6-7,9-10H2,1H3.